The van der Waals surface area contributed by atoms with E-state index in [0.29, 0.717) is 16.3 Å². The molecule has 0 atom stereocenters. The largest absolute Gasteiger partial charge is 0.344 e. The molecular formula is C15H12ClFN2O2. The highest BCUT2D eigenvalue weighted by molar-refractivity contribution is 6.39. The summed E-state index contributed by atoms with van der Waals surface area (Å²) in [6.07, 6.45) is 0. The van der Waals surface area contributed by atoms with Crippen LogP contribution in [0.3, 0.4) is 0 Å². The lowest BCUT2D eigenvalue weighted by Gasteiger charge is -2.06. The van der Waals surface area contributed by atoms with Crippen LogP contribution in [0.5, 0.6) is 0 Å². The van der Waals surface area contributed by atoms with E-state index >= 15 is 0 Å². The van der Waals surface area contributed by atoms with Crippen LogP contribution in [0.25, 0.3) is 0 Å². The van der Waals surface area contributed by atoms with Crippen LogP contribution in [0.4, 0.5) is 10.1 Å². The van der Waals surface area contributed by atoms with E-state index in [1.54, 1.807) is 24.3 Å². The summed E-state index contributed by atoms with van der Waals surface area (Å²) in [6.45, 7) is 0.146. The fourth-order valence-corrected chi connectivity index (χ4v) is 1.71. The zero-order valence-corrected chi connectivity index (χ0v) is 11.7. The molecule has 0 fully saturated rings. The molecule has 0 saturated heterocycles. The van der Waals surface area contributed by atoms with Crippen LogP contribution < -0.4 is 10.6 Å². The number of nitrogens with one attached hydrogen (secondary N) is 2. The predicted octanol–water partition coefficient (Wildman–Crippen LogP) is 2.73. The van der Waals surface area contributed by atoms with Gasteiger partial charge in [-0.1, -0.05) is 23.7 Å². The molecule has 0 unspecified atom stereocenters. The molecular weight excluding hydrogens is 295 g/mol. The zero-order valence-electron chi connectivity index (χ0n) is 10.9. The Balaban J connectivity index is 1.86. The SMILES string of the molecule is O=C(NCc1ccc(F)cc1)C(=O)Nc1ccc(Cl)cc1. The van der Waals surface area contributed by atoms with Crippen molar-refractivity contribution >= 4 is 29.1 Å². The van der Waals surface area contributed by atoms with Crippen molar-refractivity contribution in [1.82, 2.24) is 5.32 Å². The predicted molar refractivity (Wildman–Crippen MR) is 78.3 cm³/mol. The minimum atomic E-state index is -0.778. The number of anilines is 1. The number of hydrogen-bond acceptors (Lipinski definition) is 2. The van der Waals surface area contributed by atoms with Crippen molar-refractivity contribution in [2.75, 3.05) is 5.32 Å². The van der Waals surface area contributed by atoms with Gasteiger partial charge in [-0.15, -0.1) is 0 Å². The van der Waals surface area contributed by atoms with Gasteiger partial charge < -0.3 is 10.6 Å². The topological polar surface area (TPSA) is 58.2 Å². The molecule has 0 aliphatic rings. The van der Waals surface area contributed by atoms with E-state index in [9.17, 15) is 14.0 Å². The molecule has 0 heterocycles. The third-order valence-electron chi connectivity index (χ3n) is 2.67. The van der Waals surface area contributed by atoms with Crippen molar-refractivity contribution in [3.63, 3.8) is 0 Å². The van der Waals surface area contributed by atoms with Gasteiger partial charge in [0, 0.05) is 17.3 Å². The van der Waals surface area contributed by atoms with Crippen LogP contribution in [0, 0.1) is 5.82 Å². The average molecular weight is 307 g/mol. The van der Waals surface area contributed by atoms with Crippen LogP contribution in [0.1, 0.15) is 5.56 Å². The van der Waals surface area contributed by atoms with Gasteiger partial charge in [-0.25, -0.2) is 4.39 Å². The lowest BCUT2D eigenvalue weighted by molar-refractivity contribution is -0.136. The van der Waals surface area contributed by atoms with E-state index in [-0.39, 0.29) is 12.4 Å². The fourth-order valence-electron chi connectivity index (χ4n) is 1.59. The summed E-state index contributed by atoms with van der Waals surface area (Å²) in [5, 5.41) is 5.43. The first-order chi connectivity index (χ1) is 10.0. The first-order valence-corrected chi connectivity index (χ1v) is 6.51. The molecule has 0 aromatic heterocycles. The van der Waals surface area contributed by atoms with E-state index in [4.69, 9.17) is 11.6 Å². The van der Waals surface area contributed by atoms with Crippen molar-refractivity contribution in [2.45, 2.75) is 6.54 Å². The van der Waals surface area contributed by atoms with Gasteiger partial charge in [0.1, 0.15) is 5.82 Å². The summed E-state index contributed by atoms with van der Waals surface area (Å²) in [5.74, 6) is -1.90. The summed E-state index contributed by atoms with van der Waals surface area (Å²) in [6, 6.07) is 12.0. The second kappa shape index (κ2) is 6.85. The van der Waals surface area contributed by atoms with Gasteiger partial charge in [-0.2, -0.15) is 0 Å². The monoisotopic (exact) mass is 306 g/mol. The molecule has 2 aromatic rings. The molecule has 2 N–H and O–H groups in total. The van der Waals surface area contributed by atoms with E-state index in [1.807, 2.05) is 0 Å². The normalized spacial score (nSPS) is 10.0. The molecule has 0 bridgehead atoms. The highest BCUT2D eigenvalue weighted by atomic mass is 35.5. The van der Waals surface area contributed by atoms with Gasteiger partial charge in [-0.3, -0.25) is 9.59 Å². The molecule has 0 saturated carbocycles. The third-order valence-corrected chi connectivity index (χ3v) is 2.93. The molecule has 0 radical (unpaired) electrons. The summed E-state index contributed by atoms with van der Waals surface area (Å²) in [5.41, 5.74) is 1.17. The highest BCUT2D eigenvalue weighted by Crippen LogP contribution is 2.13. The number of carbonyl (C=O) groups is 2. The number of rotatable bonds is 3. The van der Waals surface area contributed by atoms with Crippen LogP contribution >= 0.6 is 11.6 Å². The Morgan fingerprint density at radius 2 is 1.57 bits per heavy atom. The summed E-state index contributed by atoms with van der Waals surface area (Å²) < 4.78 is 12.7. The maximum absolute atomic E-state index is 12.7. The maximum Gasteiger partial charge on any atom is 0.313 e. The van der Waals surface area contributed by atoms with Crippen LogP contribution in [-0.2, 0) is 16.1 Å². The van der Waals surface area contributed by atoms with Crippen molar-refractivity contribution in [2.24, 2.45) is 0 Å². The molecule has 0 spiro atoms. The number of benzene rings is 2. The highest BCUT2D eigenvalue weighted by Gasteiger charge is 2.13. The molecule has 0 aliphatic heterocycles. The fraction of sp³-hybridized carbons (Fsp3) is 0.0667. The Bertz CT molecular complexity index is 642. The van der Waals surface area contributed by atoms with Gasteiger partial charge in [0.2, 0.25) is 0 Å². The van der Waals surface area contributed by atoms with Crippen LogP contribution in [0.2, 0.25) is 5.02 Å². The molecule has 2 amide bonds. The lowest BCUT2D eigenvalue weighted by atomic mass is 10.2. The van der Waals surface area contributed by atoms with Crippen molar-refractivity contribution in [3.8, 4) is 0 Å². The second-order valence-corrected chi connectivity index (χ2v) is 4.71. The Hall–Kier alpha value is -2.40. The van der Waals surface area contributed by atoms with Crippen LogP contribution in [0.15, 0.2) is 48.5 Å². The first kappa shape index (κ1) is 15.0. The van der Waals surface area contributed by atoms with Crippen molar-refractivity contribution in [3.05, 3.63) is 64.9 Å². The molecule has 2 rings (SSSR count). The Labute approximate surface area is 125 Å². The van der Waals surface area contributed by atoms with E-state index in [0.717, 1.165) is 0 Å². The summed E-state index contributed by atoms with van der Waals surface area (Å²) in [4.78, 5) is 23.3. The average Bonchev–Trinajstić information content (AvgIpc) is 2.48. The second-order valence-electron chi connectivity index (χ2n) is 4.27. The van der Waals surface area contributed by atoms with Crippen molar-refractivity contribution < 1.29 is 14.0 Å². The summed E-state index contributed by atoms with van der Waals surface area (Å²) >= 11 is 5.72. The van der Waals surface area contributed by atoms with Gasteiger partial charge in [0.25, 0.3) is 0 Å². The Morgan fingerprint density at radius 1 is 0.952 bits per heavy atom. The van der Waals surface area contributed by atoms with Gasteiger partial charge in [0.05, 0.1) is 0 Å². The quantitative estimate of drug-likeness (QED) is 0.857. The minimum absolute atomic E-state index is 0.146. The molecule has 21 heavy (non-hydrogen) atoms. The maximum atomic E-state index is 12.7. The van der Waals surface area contributed by atoms with Crippen molar-refractivity contribution in [1.29, 1.82) is 0 Å². The Kier molecular flexibility index (Phi) is 4.90. The molecule has 0 aliphatic carbocycles. The van der Waals surface area contributed by atoms with E-state index < -0.39 is 11.8 Å². The standard InChI is InChI=1S/C15H12ClFN2O2/c16-11-3-7-13(8-4-11)19-15(21)14(20)18-9-10-1-5-12(17)6-2-10/h1-8H,9H2,(H,18,20)(H,19,21). The molecule has 2 aromatic carbocycles. The van der Waals surface area contributed by atoms with Crippen LogP contribution in [-0.4, -0.2) is 11.8 Å². The minimum Gasteiger partial charge on any atom is -0.344 e. The van der Waals surface area contributed by atoms with Gasteiger partial charge >= 0.3 is 11.8 Å². The number of amides is 2. The number of carbonyl (C=O) groups excluding carboxylic acids is 2. The zero-order chi connectivity index (χ0) is 15.2. The molecule has 6 heteroatoms. The smallest absolute Gasteiger partial charge is 0.313 e. The van der Waals surface area contributed by atoms with Gasteiger partial charge in [0.15, 0.2) is 0 Å². The van der Waals surface area contributed by atoms with Gasteiger partial charge in [-0.05, 0) is 42.0 Å². The Morgan fingerprint density at radius 3 is 2.19 bits per heavy atom. The molecule has 108 valence electrons. The number of hydrogen-bond donors (Lipinski definition) is 2. The van der Waals surface area contributed by atoms with E-state index in [1.165, 1.54) is 24.3 Å². The molecule has 4 nitrogen and oxygen atoms in total. The third kappa shape index (κ3) is 4.57. The first-order valence-electron chi connectivity index (χ1n) is 6.14. The summed E-state index contributed by atoms with van der Waals surface area (Å²) in [7, 11) is 0. The number of halogens is 2. The van der Waals surface area contributed by atoms with E-state index in [2.05, 4.69) is 10.6 Å². The lowest BCUT2D eigenvalue weighted by Crippen LogP contribution is -2.34.